The Bertz CT molecular complexity index is 1590. The fourth-order valence-corrected chi connectivity index (χ4v) is 5.52. The number of nitriles is 1. The van der Waals surface area contributed by atoms with E-state index in [2.05, 4.69) is 45.3 Å². The Kier molecular flexibility index (Phi) is 11.4. The molecule has 0 unspecified atom stereocenters. The molecule has 0 aliphatic carbocycles. The van der Waals surface area contributed by atoms with E-state index >= 15 is 0 Å². The summed E-state index contributed by atoms with van der Waals surface area (Å²) in [6.07, 6.45) is 1.79. The van der Waals surface area contributed by atoms with Gasteiger partial charge in [0.15, 0.2) is 0 Å². The number of ether oxygens (including phenoxy) is 2. The van der Waals surface area contributed by atoms with Crippen molar-refractivity contribution in [2.75, 3.05) is 41.8 Å². The third-order valence-corrected chi connectivity index (χ3v) is 8.90. The van der Waals surface area contributed by atoms with Gasteiger partial charge >= 0.3 is 6.18 Å². The maximum Gasteiger partial charge on any atom is 0.423 e. The quantitative estimate of drug-likeness (QED) is 0.184. The number of halogens is 3. The largest absolute Gasteiger partial charge is 0.490 e. The molecule has 46 heavy (non-hydrogen) atoms. The fourth-order valence-electron chi connectivity index (χ4n) is 4.76. The Labute approximate surface area is 265 Å². The summed E-state index contributed by atoms with van der Waals surface area (Å²) in [6.45, 7) is 7.07. The molecule has 0 bridgehead atoms. The number of carbonyl (C=O) groups is 1. The molecule has 0 radical (unpaired) electrons. The van der Waals surface area contributed by atoms with E-state index in [0.29, 0.717) is 60.0 Å². The number of anilines is 3. The van der Waals surface area contributed by atoms with Crippen LogP contribution in [0.25, 0.3) is 0 Å². The number of aromatic nitrogens is 4. The summed E-state index contributed by atoms with van der Waals surface area (Å²) in [7, 11) is -1.41. The van der Waals surface area contributed by atoms with Crippen LogP contribution in [0.5, 0.6) is 5.75 Å². The average molecular weight is 659 g/mol. The number of pyridine rings is 2. The molecule has 1 aliphatic rings. The smallest absolute Gasteiger partial charge is 0.423 e. The third-order valence-electron chi connectivity index (χ3n) is 7.19. The molecule has 246 valence electrons. The number of rotatable bonds is 14. The Morgan fingerprint density at radius 3 is 2.70 bits per heavy atom. The van der Waals surface area contributed by atoms with Crippen LogP contribution in [-0.4, -0.2) is 66.1 Å². The monoisotopic (exact) mass is 658 g/mol. The van der Waals surface area contributed by atoms with Gasteiger partial charge in [-0.25, -0.2) is 9.67 Å². The minimum absolute atomic E-state index is 0.0285. The Balaban J connectivity index is 1.35. The summed E-state index contributed by atoms with van der Waals surface area (Å²) in [5.74, 6) is 0.570. The normalized spacial score (nSPS) is 15.0. The molecule has 4 rings (SSSR count). The molecular formula is C30H37F3N8O4Si. The van der Waals surface area contributed by atoms with Gasteiger partial charge in [0.05, 0.1) is 41.6 Å². The van der Waals surface area contributed by atoms with Crippen LogP contribution < -0.4 is 25.8 Å². The number of carbonyl (C=O) groups excluding carboxylic acids is 1. The first-order chi connectivity index (χ1) is 21.8. The van der Waals surface area contributed by atoms with E-state index in [-0.39, 0.29) is 31.4 Å². The van der Waals surface area contributed by atoms with Crippen LogP contribution in [0.3, 0.4) is 0 Å². The van der Waals surface area contributed by atoms with Crippen LogP contribution in [0.4, 0.5) is 30.4 Å². The lowest BCUT2D eigenvalue weighted by Crippen LogP contribution is -2.40. The lowest BCUT2D eigenvalue weighted by Gasteiger charge is -2.29. The lowest BCUT2D eigenvalue weighted by molar-refractivity contribution is -0.138. The molecule has 1 atom stereocenters. The number of amides is 1. The first-order valence-electron chi connectivity index (χ1n) is 14.8. The van der Waals surface area contributed by atoms with Crippen LogP contribution in [0.15, 0.2) is 47.8 Å². The number of hydrogen-bond donors (Lipinski definition) is 2. The van der Waals surface area contributed by atoms with Crippen molar-refractivity contribution >= 4 is 31.2 Å². The average Bonchev–Trinajstić information content (AvgIpc) is 3.47. The van der Waals surface area contributed by atoms with Gasteiger partial charge in [0.2, 0.25) is 5.91 Å². The van der Waals surface area contributed by atoms with Crippen molar-refractivity contribution in [3.63, 3.8) is 0 Å². The molecule has 12 nitrogen and oxygen atoms in total. The molecule has 16 heteroatoms. The summed E-state index contributed by atoms with van der Waals surface area (Å²) >= 11 is 0. The zero-order valence-corrected chi connectivity index (χ0v) is 26.9. The van der Waals surface area contributed by atoms with Crippen molar-refractivity contribution in [1.29, 1.82) is 5.26 Å². The summed E-state index contributed by atoms with van der Waals surface area (Å²) < 4.78 is 54.7. The van der Waals surface area contributed by atoms with Crippen molar-refractivity contribution in [2.24, 2.45) is 0 Å². The van der Waals surface area contributed by atoms with Gasteiger partial charge in [-0.2, -0.15) is 23.5 Å². The van der Waals surface area contributed by atoms with E-state index in [4.69, 9.17) is 14.7 Å². The predicted octanol–water partition coefficient (Wildman–Crippen LogP) is 4.72. The highest BCUT2D eigenvalue weighted by Crippen LogP contribution is 2.36. The second-order valence-electron chi connectivity index (χ2n) is 12.0. The molecule has 3 aromatic rings. The molecule has 1 aliphatic heterocycles. The molecular weight excluding hydrogens is 621 g/mol. The Morgan fingerprint density at radius 2 is 2.00 bits per heavy atom. The van der Waals surface area contributed by atoms with Crippen LogP contribution in [0.2, 0.25) is 25.7 Å². The second kappa shape index (κ2) is 15.2. The first-order valence-corrected chi connectivity index (χ1v) is 18.5. The van der Waals surface area contributed by atoms with E-state index in [1.165, 1.54) is 23.5 Å². The molecule has 0 saturated carbocycles. The minimum Gasteiger partial charge on any atom is -0.490 e. The zero-order valence-electron chi connectivity index (χ0n) is 25.9. The van der Waals surface area contributed by atoms with Crippen LogP contribution in [-0.2, 0) is 22.4 Å². The predicted molar refractivity (Wildman–Crippen MR) is 168 cm³/mol. The van der Waals surface area contributed by atoms with E-state index in [9.17, 15) is 22.8 Å². The molecule has 2 N–H and O–H groups in total. The van der Waals surface area contributed by atoms with Gasteiger partial charge in [0.25, 0.3) is 5.56 Å². The number of nitrogens with zero attached hydrogens (tertiary/aromatic N) is 6. The maximum absolute atomic E-state index is 14.2. The Hall–Kier alpha value is -4.49. The van der Waals surface area contributed by atoms with Crippen molar-refractivity contribution in [2.45, 2.75) is 63.9 Å². The summed E-state index contributed by atoms with van der Waals surface area (Å²) in [6, 6.07) is 7.18. The standard InChI is InChI=1S/C30H37F3N8O4Si/c1-46(2,3)12-11-44-20-41-29(43)28(30(31,32)33)25(18-38-41)40-10-4-5-23(40)19-45-24-13-22(16-35-17-24)39-27(42)8-9-36-26-7-6-21(14-34)15-37-26/h6-7,13,15-18,23H,4-5,8-12,19-20H2,1-3H3,(H,36,37)(H,39,42)/t23-/m0/s1. The van der Waals surface area contributed by atoms with Gasteiger partial charge in [-0.15, -0.1) is 0 Å². The van der Waals surface area contributed by atoms with Crippen LogP contribution in [0, 0.1) is 11.3 Å². The van der Waals surface area contributed by atoms with Crippen LogP contribution >= 0.6 is 0 Å². The molecule has 1 amide bonds. The molecule has 3 aromatic heterocycles. The van der Waals surface area contributed by atoms with Crippen molar-refractivity contribution in [3.05, 3.63) is 64.5 Å². The van der Waals surface area contributed by atoms with Crippen LogP contribution in [0.1, 0.15) is 30.4 Å². The van der Waals surface area contributed by atoms with Gasteiger partial charge in [0, 0.05) is 46.5 Å². The molecule has 0 aromatic carbocycles. The number of nitrogens with one attached hydrogen (secondary N) is 2. The minimum atomic E-state index is -4.89. The van der Waals surface area contributed by atoms with E-state index in [0.717, 1.165) is 12.2 Å². The van der Waals surface area contributed by atoms with Crippen molar-refractivity contribution in [1.82, 2.24) is 19.7 Å². The molecule has 4 heterocycles. The molecule has 1 fully saturated rings. The fraction of sp³-hybridized carbons (Fsp3) is 0.467. The highest BCUT2D eigenvalue weighted by atomic mass is 28.3. The first kappa shape index (κ1) is 34.4. The van der Waals surface area contributed by atoms with Gasteiger partial charge in [-0.3, -0.25) is 14.6 Å². The van der Waals surface area contributed by atoms with Crippen molar-refractivity contribution < 1.29 is 27.4 Å². The zero-order chi connectivity index (χ0) is 33.3. The van der Waals surface area contributed by atoms with E-state index < -0.39 is 31.4 Å². The van der Waals surface area contributed by atoms with Crippen molar-refractivity contribution in [3.8, 4) is 11.8 Å². The number of alkyl halides is 3. The highest BCUT2D eigenvalue weighted by molar-refractivity contribution is 6.76. The van der Waals surface area contributed by atoms with Gasteiger partial charge in [-0.05, 0) is 31.0 Å². The SMILES string of the molecule is C[Si](C)(C)CCOCn1ncc(N2CCC[C@H]2COc2cncc(NC(=O)CCNc3ccc(C#N)cn3)c2)c(C(F)(F)F)c1=O. The summed E-state index contributed by atoms with van der Waals surface area (Å²) in [4.78, 5) is 35.1. The summed E-state index contributed by atoms with van der Waals surface area (Å²) in [5.41, 5.74) is -1.99. The second-order valence-corrected chi connectivity index (χ2v) is 17.7. The number of hydrogen-bond acceptors (Lipinski definition) is 10. The third kappa shape index (κ3) is 9.75. The van der Waals surface area contributed by atoms with Gasteiger partial charge in [-0.1, -0.05) is 19.6 Å². The Morgan fingerprint density at radius 1 is 1.20 bits per heavy atom. The topological polar surface area (TPSA) is 147 Å². The maximum atomic E-state index is 14.2. The van der Waals surface area contributed by atoms with Gasteiger partial charge in [0.1, 0.15) is 36.5 Å². The molecule has 0 spiro atoms. The summed E-state index contributed by atoms with van der Waals surface area (Å²) in [5, 5.41) is 18.6. The molecule has 1 saturated heterocycles. The van der Waals surface area contributed by atoms with E-state index in [1.807, 2.05) is 6.07 Å². The lowest BCUT2D eigenvalue weighted by atomic mass is 10.2. The highest BCUT2D eigenvalue weighted by Gasteiger charge is 2.41. The van der Waals surface area contributed by atoms with E-state index in [1.54, 1.807) is 18.2 Å². The van der Waals surface area contributed by atoms with Gasteiger partial charge < -0.3 is 25.0 Å².